The Balaban J connectivity index is 3.20. The van der Waals surface area contributed by atoms with Gasteiger partial charge in [0.1, 0.15) is 0 Å². The number of esters is 1. The second kappa shape index (κ2) is 30.4. The molecule has 0 bridgehead atoms. The van der Waals surface area contributed by atoms with Crippen LogP contribution in [0.2, 0.25) is 0 Å². The van der Waals surface area contributed by atoms with Gasteiger partial charge in [-0.2, -0.15) is 0 Å². The molecule has 0 saturated carbocycles. The van der Waals surface area contributed by atoms with Crippen molar-refractivity contribution in [2.75, 3.05) is 6.61 Å². The molecule has 214 valence electrons. The summed E-state index contributed by atoms with van der Waals surface area (Å²) in [5.74, 6) is 0.922. The Hall–Kier alpha value is -0.790. The smallest absolute Gasteiger partial charge is 0.305 e. The van der Waals surface area contributed by atoms with E-state index >= 15 is 0 Å². The molecule has 0 fully saturated rings. The van der Waals surface area contributed by atoms with Crippen molar-refractivity contribution in [3.63, 3.8) is 0 Å². The monoisotopic (exact) mass is 507 g/mol. The Labute approximate surface area is 227 Å². The van der Waals surface area contributed by atoms with Crippen LogP contribution in [0, 0.1) is 5.92 Å². The number of unbranched alkanes of at least 4 members (excludes halogenated alkanes) is 20. The number of rotatable bonds is 29. The molecule has 0 N–H and O–H groups in total. The van der Waals surface area contributed by atoms with Crippen molar-refractivity contribution in [2.24, 2.45) is 5.92 Å². The van der Waals surface area contributed by atoms with Crippen LogP contribution in [0.4, 0.5) is 0 Å². The fraction of sp³-hybridized carbons (Fsp3) is 0.912. The summed E-state index contributed by atoms with van der Waals surface area (Å²) in [6.45, 7) is 7.56. The topological polar surface area (TPSA) is 26.3 Å². The summed E-state index contributed by atoms with van der Waals surface area (Å²) in [4.78, 5) is 11.9. The summed E-state index contributed by atoms with van der Waals surface area (Å²) in [6.07, 6.45) is 38.2. The zero-order chi connectivity index (χ0) is 26.4. The highest BCUT2D eigenvalue weighted by molar-refractivity contribution is 5.69. The van der Waals surface area contributed by atoms with E-state index in [1.165, 1.54) is 148 Å². The van der Waals surface area contributed by atoms with Gasteiger partial charge in [0.2, 0.25) is 0 Å². The third kappa shape index (κ3) is 29.4. The highest BCUT2D eigenvalue weighted by Gasteiger charge is 2.03. The summed E-state index contributed by atoms with van der Waals surface area (Å²) in [5.41, 5.74) is 0. The first-order valence-electron chi connectivity index (χ1n) is 16.5. The summed E-state index contributed by atoms with van der Waals surface area (Å²) in [7, 11) is 0. The number of ether oxygens (including phenoxy) is 1. The van der Waals surface area contributed by atoms with Crippen molar-refractivity contribution in [1.82, 2.24) is 0 Å². The third-order valence-corrected chi connectivity index (χ3v) is 7.69. The number of hydrogen-bond acceptors (Lipinski definition) is 2. The molecule has 0 aromatic heterocycles. The van der Waals surface area contributed by atoms with Crippen LogP contribution >= 0.6 is 0 Å². The van der Waals surface area contributed by atoms with Crippen LogP contribution in [-0.2, 0) is 9.53 Å². The molecular weight excluding hydrogens is 440 g/mol. The molecule has 1 unspecified atom stereocenters. The van der Waals surface area contributed by atoms with Gasteiger partial charge < -0.3 is 4.74 Å². The largest absolute Gasteiger partial charge is 0.466 e. The van der Waals surface area contributed by atoms with Gasteiger partial charge in [0.25, 0.3) is 0 Å². The van der Waals surface area contributed by atoms with Gasteiger partial charge in [0, 0.05) is 6.42 Å². The van der Waals surface area contributed by atoms with Crippen molar-refractivity contribution in [3.8, 4) is 0 Å². The van der Waals surface area contributed by atoms with Crippen LogP contribution in [0.5, 0.6) is 0 Å². The number of carbonyl (C=O) groups excluding carboxylic acids is 1. The lowest BCUT2D eigenvalue weighted by molar-refractivity contribution is -0.143. The van der Waals surface area contributed by atoms with E-state index in [-0.39, 0.29) is 5.97 Å². The first-order chi connectivity index (χ1) is 17.7. The van der Waals surface area contributed by atoms with Crippen LogP contribution in [0.1, 0.15) is 188 Å². The second-order valence-electron chi connectivity index (χ2n) is 11.4. The molecule has 0 rings (SSSR count). The minimum atomic E-state index is 0.0197. The average Bonchev–Trinajstić information content (AvgIpc) is 2.88. The third-order valence-electron chi connectivity index (χ3n) is 7.69. The molecule has 0 saturated heterocycles. The Kier molecular flexibility index (Phi) is 29.8. The van der Waals surface area contributed by atoms with Crippen molar-refractivity contribution in [2.45, 2.75) is 188 Å². The molecule has 36 heavy (non-hydrogen) atoms. The normalized spacial score (nSPS) is 12.4. The van der Waals surface area contributed by atoms with Gasteiger partial charge in [-0.1, -0.05) is 155 Å². The molecule has 0 aliphatic heterocycles. The Morgan fingerprint density at radius 3 is 1.56 bits per heavy atom. The van der Waals surface area contributed by atoms with Crippen LogP contribution < -0.4 is 0 Å². The highest BCUT2D eigenvalue weighted by atomic mass is 16.5. The first kappa shape index (κ1) is 35.2. The van der Waals surface area contributed by atoms with E-state index in [4.69, 9.17) is 4.74 Å². The van der Waals surface area contributed by atoms with Gasteiger partial charge in [-0.3, -0.25) is 4.79 Å². The maximum Gasteiger partial charge on any atom is 0.305 e. The van der Waals surface area contributed by atoms with Crippen LogP contribution in [0.3, 0.4) is 0 Å². The van der Waals surface area contributed by atoms with E-state index in [2.05, 4.69) is 32.9 Å². The second-order valence-corrected chi connectivity index (χ2v) is 11.4. The lowest BCUT2D eigenvalue weighted by atomic mass is 10.00. The Morgan fingerprint density at radius 1 is 0.583 bits per heavy atom. The quantitative estimate of drug-likeness (QED) is 0.0572. The molecule has 0 aromatic rings. The summed E-state index contributed by atoms with van der Waals surface area (Å²) in [5, 5.41) is 0. The fourth-order valence-corrected chi connectivity index (χ4v) is 4.81. The van der Waals surface area contributed by atoms with Crippen molar-refractivity contribution in [1.29, 1.82) is 0 Å². The molecule has 0 aliphatic carbocycles. The minimum Gasteiger partial charge on any atom is -0.466 e. The molecule has 0 aromatic carbocycles. The predicted molar refractivity (Wildman–Crippen MR) is 161 cm³/mol. The van der Waals surface area contributed by atoms with Crippen LogP contribution in [-0.4, -0.2) is 12.6 Å². The highest BCUT2D eigenvalue weighted by Crippen LogP contribution is 2.15. The molecule has 2 heteroatoms. The fourth-order valence-electron chi connectivity index (χ4n) is 4.81. The summed E-state index contributed by atoms with van der Waals surface area (Å²) in [6, 6.07) is 0. The predicted octanol–water partition coefficient (Wildman–Crippen LogP) is 11.9. The van der Waals surface area contributed by atoms with E-state index in [1.807, 2.05) is 0 Å². The minimum absolute atomic E-state index is 0.0197. The molecular formula is C34H66O2. The SMILES string of the molecule is CCCCCCC=CCCCCCCCCCCCC(=O)OCCCCCCCCCCC(C)CC. The van der Waals surface area contributed by atoms with E-state index in [0.717, 1.165) is 18.8 Å². The van der Waals surface area contributed by atoms with Crippen LogP contribution in [0.15, 0.2) is 12.2 Å². The first-order valence-corrected chi connectivity index (χ1v) is 16.5. The van der Waals surface area contributed by atoms with Gasteiger partial charge in [0.05, 0.1) is 6.61 Å². The number of allylic oxidation sites excluding steroid dienone is 2. The summed E-state index contributed by atoms with van der Waals surface area (Å²) < 4.78 is 5.42. The van der Waals surface area contributed by atoms with Crippen molar-refractivity contribution in [3.05, 3.63) is 12.2 Å². The summed E-state index contributed by atoms with van der Waals surface area (Å²) >= 11 is 0. The maximum atomic E-state index is 11.9. The van der Waals surface area contributed by atoms with Gasteiger partial charge in [-0.15, -0.1) is 0 Å². The maximum absolute atomic E-state index is 11.9. The lowest BCUT2D eigenvalue weighted by Gasteiger charge is -2.07. The molecule has 1 atom stereocenters. The van der Waals surface area contributed by atoms with Gasteiger partial charge in [-0.25, -0.2) is 0 Å². The van der Waals surface area contributed by atoms with Crippen molar-refractivity contribution >= 4 is 5.97 Å². The molecule has 0 amide bonds. The van der Waals surface area contributed by atoms with Crippen LogP contribution in [0.25, 0.3) is 0 Å². The van der Waals surface area contributed by atoms with E-state index in [1.54, 1.807) is 0 Å². The number of hydrogen-bond donors (Lipinski definition) is 0. The van der Waals surface area contributed by atoms with E-state index in [9.17, 15) is 4.79 Å². The van der Waals surface area contributed by atoms with E-state index in [0.29, 0.717) is 13.0 Å². The van der Waals surface area contributed by atoms with Gasteiger partial charge in [0.15, 0.2) is 0 Å². The molecule has 0 heterocycles. The van der Waals surface area contributed by atoms with Crippen molar-refractivity contribution < 1.29 is 9.53 Å². The molecule has 0 aliphatic rings. The zero-order valence-electron chi connectivity index (χ0n) is 25.1. The van der Waals surface area contributed by atoms with Gasteiger partial charge >= 0.3 is 5.97 Å². The molecule has 0 radical (unpaired) electrons. The Morgan fingerprint density at radius 2 is 1.03 bits per heavy atom. The standard InChI is InChI=1S/C34H66O2/c1-4-6-7-8-9-10-11-12-13-14-15-16-17-18-22-25-28-31-34(35)36-32-29-26-23-20-19-21-24-27-30-33(3)5-2/h10-11,33H,4-9,12-32H2,1-3H3. The molecule has 0 spiro atoms. The molecule has 2 nitrogen and oxygen atoms in total. The Bertz CT molecular complexity index is 456. The number of carbonyl (C=O) groups is 1. The van der Waals surface area contributed by atoms with Gasteiger partial charge in [-0.05, 0) is 44.4 Å². The zero-order valence-corrected chi connectivity index (χ0v) is 25.1. The lowest BCUT2D eigenvalue weighted by Crippen LogP contribution is -2.05. The van der Waals surface area contributed by atoms with E-state index < -0.39 is 0 Å². The average molecular weight is 507 g/mol.